The highest BCUT2D eigenvalue weighted by molar-refractivity contribution is 5.93. The number of nitrogens with two attached hydrogens (primary N) is 1. The fraction of sp³-hybridized carbons (Fsp3) is 0.778. The molecular formula is C18H34N4O5. The van der Waals surface area contributed by atoms with Crippen molar-refractivity contribution in [3.63, 3.8) is 0 Å². The fourth-order valence-corrected chi connectivity index (χ4v) is 2.34. The molecule has 0 spiro atoms. The molecule has 0 rings (SSSR count). The summed E-state index contributed by atoms with van der Waals surface area (Å²) in [5.41, 5.74) is 5.83. The quantitative estimate of drug-likeness (QED) is 0.333. The number of hydrogen-bond donors (Lipinski definition) is 5. The predicted molar refractivity (Wildman–Crippen MR) is 102 cm³/mol. The molecule has 0 aromatic heterocycles. The summed E-state index contributed by atoms with van der Waals surface area (Å²) in [5, 5.41) is 16.2. The molecule has 0 aromatic carbocycles. The van der Waals surface area contributed by atoms with E-state index in [1.165, 1.54) is 0 Å². The van der Waals surface area contributed by atoms with E-state index in [-0.39, 0.29) is 17.8 Å². The molecule has 0 saturated carbocycles. The lowest BCUT2D eigenvalue weighted by molar-refractivity contribution is -0.138. The van der Waals surface area contributed by atoms with Crippen molar-refractivity contribution >= 4 is 23.7 Å². The molecule has 9 nitrogen and oxygen atoms in total. The van der Waals surface area contributed by atoms with E-state index in [9.17, 15) is 19.2 Å². The van der Waals surface area contributed by atoms with Gasteiger partial charge in [-0.2, -0.15) is 0 Å². The zero-order valence-corrected chi connectivity index (χ0v) is 17.0. The molecular weight excluding hydrogens is 352 g/mol. The van der Waals surface area contributed by atoms with Gasteiger partial charge in [-0.25, -0.2) is 0 Å². The molecule has 0 aliphatic rings. The Hall–Kier alpha value is -2.16. The van der Waals surface area contributed by atoms with Crippen LogP contribution in [0.15, 0.2) is 0 Å². The van der Waals surface area contributed by atoms with Crippen LogP contribution in [0.3, 0.4) is 0 Å². The SMILES string of the molecule is CC(C)CC(NC(=O)C(NC(=O)C(N)C(C)C)C(C)C)C(=O)NCC(=O)O. The summed E-state index contributed by atoms with van der Waals surface area (Å²) in [6, 6.07) is -2.50. The third-order valence-electron chi connectivity index (χ3n) is 4.02. The maximum Gasteiger partial charge on any atom is 0.322 e. The van der Waals surface area contributed by atoms with Crippen molar-refractivity contribution < 1.29 is 24.3 Å². The largest absolute Gasteiger partial charge is 0.480 e. The molecule has 6 N–H and O–H groups in total. The van der Waals surface area contributed by atoms with E-state index in [1.54, 1.807) is 27.7 Å². The standard InChI is InChI=1S/C18H34N4O5/c1-9(2)7-12(16(25)20-8-13(23)24)21-18(27)15(11(5)6)22-17(26)14(19)10(3)4/h9-12,14-15H,7-8,19H2,1-6H3,(H,20,25)(H,21,27)(H,22,26)(H,23,24). The molecule has 0 aromatic rings. The summed E-state index contributed by atoms with van der Waals surface area (Å²) >= 11 is 0. The highest BCUT2D eigenvalue weighted by Crippen LogP contribution is 2.09. The van der Waals surface area contributed by atoms with Crippen LogP contribution in [0.5, 0.6) is 0 Å². The van der Waals surface area contributed by atoms with Crippen molar-refractivity contribution in [1.29, 1.82) is 0 Å². The number of carboxylic acid groups (broad SMARTS) is 1. The summed E-state index contributed by atoms with van der Waals surface area (Å²) in [7, 11) is 0. The van der Waals surface area contributed by atoms with Gasteiger partial charge in [-0.3, -0.25) is 19.2 Å². The number of hydrogen-bond acceptors (Lipinski definition) is 5. The maximum atomic E-state index is 12.7. The number of carbonyl (C=O) groups is 4. The molecule has 3 amide bonds. The Bertz CT molecular complexity index is 534. The number of aliphatic carboxylic acids is 1. The lowest BCUT2D eigenvalue weighted by Crippen LogP contribution is -2.58. The first-order valence-corrected chi connectivity index (χ1v) is 9.22. The Balaban J connectivity index is 5.18. The average Bonchev–Trinajstić information content (AvgIpc) is 2.54. The van der Waals surface area contributed by atoms with Crippen LogP contribution in [0.1, 0.15) is 48.0 Å². The lowest BCUT2D eigenvalue weighted by Gasteiger charge is -2.27. The van der Waals surface area contributed by atoms with Crippen LogP contribution in [0.4, 0.5) is 0 Å². The van der Waals surface area contributed by atoms with Crippen LogP contribution in [-0.4, -0.2) is 53.5 Å². The molecule has 0 aliphatic carbocycles. The predicted octanol–water partition coefficient (Wildman–Crippen LogP) is -0.158. The molecule has 3 atom stereocenters. The van der Waals surface area contributed by atoms with Crippen LogP contribution in [0, 0.1) is 17.8 Å². The van der Waals surface area contributed by atoms with E-state index < -0.39 is 48.4 Å². The highest BCUT2D eigenvalue weighted by Gasteiger charge is 2.30. The zero-order valence-electron chi connectivity index (χ0n) is 17.0. The molecule has 0 bridgehead atoms. The molecule has 9 heteroatoms. The van der Waals surface area contributed by atoms with Crippen LogP contribution < -0.4 is 21.7 Å². The second-order valence-electron chi connectivity index (χ2n) is 7.80. The molecule has 27 heavy (non-hydrogen) atoms. The number of carbonyl (C=O) groups excluding carboxylic acids is 3. The van der Waals surface area contributed by atoms with E-state index in [1.807, 2.05) is 13.8 Å². The maximum absolute atomic E-state index is 12.7. The Morgan fingerprint density at radius 2 is 1.41 bits per heavy atom. The summed E-state index contributed by atoms with van der Waals surface area (Å²) in [6.07, 6.45) is 0.335. The van der Waals surface area contributed by atoms with Gasteiger partial charge < -0.3 is 26.8 Å². The van der Waals surface area contributed by atoms with E-state index in [4.69, 9.17) is 10.8 Å². The summed E-state index contributed by atoms with van der Waals surface area (Å²) in [6.45, 7) is 10.4. The van der Waals surface area contributed by atoms with E-state index in [0.717, 1.165) is 0 Å². The zero-order chi connectivity index (χ0) is 21.3. The van der Waals surface area contributed by atoms with E-state index in [0.29, 0.717) is 6.42 Å². The Morgan fingerprint density at radius 3 is 1.81 bits per heavy atom. The van der Waals surface area contributed by atoms with Crippen molar-refractivity contribution in [3.05, 3.63) is 0 Å². The smallest absolute Gasteiger partial charge is 0.322 e. The van der Waals surface area contributed by atoms with Gasteiger partial charge >= 0.3 is 5.97 Å². The number of amides is 3. The fourth-order valence-electron chi connectivity index (χ4n) is 2.34. The first kappa shape index (κ1) is 24.8. The van der Waals surface area contributed by atoms with Gasteiger partial charge in [-0.1, -0.05) is 41.5 Å². The first-order chi connectivity index (χ1) is 12.4. The molecule has 0 radical (unpaired) electrons. The lowest BCUT2D eigenvalue weighted by atomic mass is 9.98. The normalized spacial score (nSPS) is 14.6. The molecule has 156 valence electrons. The van der Waals surface area contributed by atoms with Gasteiger partial charge in [0.05, 0.1) is 6.04 Å². The third-order valence-corrected chi connectivity index (χ3v) is 4.02. The van der Waals surface area contributed by atoms with Gasteiger partial charge in [0.2, 0.25) is 17.7 Å². The number of nitrogens with one attached hydrogen (secondary N) is 3. The first-order valence-electron chi connectivity index (χ1n) is 9.22. The minimum absolute atomic E-state index is 0.0867. The summed E-state index contributed by atoms with van der Waals surface area (Å²) < 4.78 is 0. The Kier molecular flexibility index (Phi) is 10.6. The van der Waals surface area contributed by atoms with Crippen molar-refractivity contribution in [3.8, 4) is 0 Å². The van der Waals surface area contributed by atoms with Gasteiger partial charge in [0.25, 0.3) is 0 Å². The van der Waals surface area contributed by atoms with Gasteiger partial charge in [0, 0.05) is 0 Å². The van der Waals surface area contributed by atoms with Gasteiger partial charge in [0.1, 0.15) is 18.6 Å². The molecule has 0 heterocycles. The Labute approximate surface area is 160 Å². The second kappa shape index (κ2) is 11.5. The average molecular weight is 386 g/mol. The minimum Gasteiger partial charge on any atom is -0.480 e. The van der Waals surface area contributed by atoms with Crippen LogP contribution in [0.25, 0.3) is 0 Å². The van der Waals surface area contributed by atoms with Crippen LogP contribution >= 0.6 is 0 Å². The summed E-state index contributed by atoms with van der Waals surface area (Å²) in [5.74, 6) is -2.92. The van der Waals surface area contributed by atoms with Crippen molar-refractivity contribution in [2.45, 2.75) is 66.1 Å². The molecule has 0 aliphatic heterocycles. The van der Waals surface area contributed by atoms with Crippen LogP contribution in [0.2, 0.25) is 0 Å². The van der Waals surface area contributed by atoms with Crippen molar-refractivity contribution in [1.82, 2.24) is 16.0 Å². The van der Waals surface area contributed by atoms with Crippen LogP contribution in [-0.2, 0) is 19.2 Å². The molecule has 3 unspecified atom stereocenters. The molecule has 0 fully saturated rings. The number of carboxylic acids is 1. The van der Waals surface area contributed by atoms with Crippen molar-refractivity contribution in [2.24, 2.45) is 23.5 Å². The highest BCUT2D eigenvalue weighted by atomic mass is 16.4. The van der Waals surface area contributed by atoms with Gasteiger partial charge in [-0.05, 0) is 24.2 Å². The van der Waals surface area contributed by atoms with Crippen molar-refractivity contribution in [2.75, 3.05) is 6.54 Å². The minimum atomic E-state index is -1.17. The topological polar surface area (TPSA) is 151 Å². The second-order valence-corrected chi connectivity index (χ2v) is 7.80. The third kappa shape index (κ3) is 9.37. The van der Waals surface area contributed by atoms with Gasteiger partial charge in [-0.15, -0.1) is 0 Å². The van der Waals surface area contributed by atoms with Gasteiger partial charge in [0.15, 0.2) is 0 Å². The Morgan fingerprint density at radius 1 is 0.852 bits per heavy atom. The van der Waals surface area contributed by atoms with E-state index in [2.05, 4.69) is 16.0 Å². The summed E-state index contributed by atoms with van der Waals surface area (Å²) in [4.78, 5) is 47.8. The molecule has 0 saturated heterocycles. The monoisotopic (exact) mass is 386 g/mol. The number of rotatable bonds is 11. The van der Waals surface area contributed by atoms with E-state index >= 15 is 0 Å².